The van der Waals surface area contributed by atoms with Crippen molar-refractivity contribution < 1.29 is 4.79 Å². The Balaban J connectivity index is 1.87. The molecule has 0 aliphatic heterocycles. The van der Waals surface area contributed by atoms with E-state index < -0.39 is 0 Å². The molecule has 0 saturated heterocycles. The maximum absolute atomic E-state index is 12.3. The minimum absolute atomic E-state index is 0.108. The lowest BCUT2D eigenvalue weighted by molar-refractivity contribution is 0.101. The molecule has 2 heterocycles. The zero-order chi connectivity index (χ0) is 15.7. The van der Waals surface area contributed by atoms with Gasteiger partial charge in [0.15, 0.2) is 0 Å². The number of rotatable bonds is 3. The van der Waals surface area contributed by atoms with Gasteiger partial charge in [-0.25, -0.2) is 9.50 Å². The molecular formula is C16H17N5O. The van der Waals surface area contributed by atoms with Gasteiger partial charge in [-0.2, -0.15) is 4.98 Å². The number of hydrogen-bond donors (Lipinski definition) is 1. The van der Waals surface area contributed by atoms with E-state index in [1.54, 1.807) is 10.7 Å². The van der Waals surface area contributed by atoms with Crippen molar-refractivity contribution in [2.75, 3.05) is 5.32 Å². The molecule has 1 amide bonds. The Kier molecular flexibility index (Phi) is 3.58. The monoisotopic (exact) mass is 295 g/mol. The second kappa shape index (κ2) is 5.55. The average Bonchev–Trinajstić information content (AvgIpc) is 2.93. The lowest BCUT2D eigenvalue weighted by Gasteiger charge is -2.08. The van der Waals surface area contributed by atoms with E-state index in [0.717, 1.165) is 11.4 Å². The Bertz CT molecular complexity index is 837. The molecule has 3 rings (SSSR count). The molecule has 112 valence electrons. The zero-order valence-electron chi connectivity index (χ0n) is 12.7. The Morgan fingerprint density at radius 2 is 2.09 bits per heavy atom. The van der Waals surface area contributed by atoms with Gasteiger partial charge >= 0.3 is 0 Å². The summed E-state index contributed by atoms with van der Waals surface area (Å²) in [5.74, 6) is 0.584. The molecule has 0 aliphatic rings. The lowest BCUT2D eigenvalue weighted by Crippen LogP contribution is -2.14. The Hall–Kier alpha value is -2.76. The Morgan fingerprint density at radius 1 is 1.27 bits per heavy atom. The van der Waals surface area contributed by atoms with E-state index in [-0.39, 0.29) is 11.7 Å². The first-order valence-electron chi connectivity index (χ1n) is 7.14. The van der Waals surface area contributed by atoms with E-state index in [2.05, 4.69) is 34.2 Å². The molecule has 0 spiro atoms. The summed E-state index contributed by atoms with van der Waals surface area (Å²) in [6, 6.07) is 9.59. The molecule has 0 aliphatic carbocycles. The first kappa shape index (κ1) is 14.2. The molecule has 0 unspecified atom stereocenters. The standard InChI is InChI=1S/C16H17N5O/c1-10(2)12-5-4-6-13(9-12)18-15(22)14-19-16-17-8-7-11(3)21(16)20-14/h4-10H,1-3H3,(H,18,22). The van der Waals surface area contributed by atoms with Gasteiger partial charge in [-0.15, -0.1) is 5.10 Å². The average molecular weight is 295 g/mol. The zero-order valence-corrected chi connectivity index (χ0v) is 12.7. The number of anilines is 1. The predicted octanol–water partition coefficient (Wildman–Crippen LogP) is 2.81. The highest BCUT2D eigenvalue weighted by atomic mass is 16.2. The minimum Gasteiger partial charge on any atom is -0.319 e. The van der Waals surface area contributed by atoms with Crippen LogP contribution < -0.4 is 5.32 Å². The number of aromatic nitrogens is 4. The lowest BCUT2D eigenvalue weighted by atomic mass is 10.0. The van der Waals surface area contributed by atoms with Gasteiger partial charge in [0.25, 0.3) is 11.7 Å². The van der Waals surface area contributed by atoms with Crippen LogP contribution in [0.5, 0.6) is 0 Å². The molecule has 3 aromatic rings. The Labute approximate surface area is 128 Å². The molecule has 1 N–H and O–H groups in total. The molecule has 2 aromatic heterocycles. The third-order valence-corrected chi connectivity index (χ3v) is 3.44. The van der Waals surface area contributed by atoms with E-state index in [4.69, 9.17) is 0 Å². The number of benzene rings is 1. The number of hydrogen-bond acceptors (Lipinski definition) is 4. The first-order chi connectivity index (χ1) is 10.5. The number of carbonyl (C=O) groups is 1. The van der Waals surface area contributed by atoms with E-state index >= 15 is 0 Å². The molecule has 1 aromatic carbocycles. The van der Waals surface area contributed by atoms with Crippen LogP contribution in [-0.2, 0) is 0 Å². The van der Waals surface area contributed by atoms with Crippen LogP contribution in [-0.4, -0.2) is 25.5 Å². The number of nitrogens with one attached hydrogen (secondary N) is 1. The van der Waals surface area contributed by atoms with Crippen molar-refractivity contribution in [3.8, 4) is 0 Å². The highest BCUT2D eigenvalue weighted by Gasteiger charge is 2.14. The van der Waals surface area contributed by atoms with Crippen molar-refractivity contribution in [3.05, 3.63) is 53.6 Å². The summed E-state index contributed by atoms with van der Waals surface area (Å²) < 4.78 is 1.56. The Morgan fingerprint density at radius 3 is 2.82 bits per heavy atom. The van der Waals surface area contributed by atoms with E-state index in [1.807, 2.05) is 37.3 Å². The summed E-state index contributed by atoms with van der Waals surface area (Å²) in [6.07, 6.45) is 1.65. The highest BCUT2D eigenvalue weighted by Crippen LogP contribution is 2.18. The third kappa shape index (κ3) is 2.67. The topological polar surface area (TPSA) is 72.2 Å². The predicted molar refractivity (Wildman–Crippen MR) is 84.0 cm³/mol. The molecule has 0 bridgehead atoms. The van der Waals surface area contributed by atoms with Crippen LogP contribution in [0.3, 0.4) is 0 Å². The minimum atomic E-state index is -0.342. The molecule has 0 radical (unpaired) electrons. The van der Waals surface area contributed by atoms with Crippen molar-refractivity contribution in [2.45, 2.75) is 26.7 Å². The fraction of sp³-hybridized carbons (Fsp3) is 0.250. The van der Waals surface area contributed by atoms with Crippen molar-refractivity contribution in [1.82, 2.24) is 19.6 Å². The number of nitrogens with zero attached hydrogens (tertiary/aromatic N) is 4. The molecule has 6 heteroatoms. The van der Waals surface area contributed by atoms with Gasteiger partial charge in [0.05, 0.1) is 0 Å². The number of amides is 1. The molecule has 6 nitrogen and oxygen atoms in total. The normalized spacial score (nSPS) is 11.1. The van der Waals surface area contributed by atoms with Crippen molar-refractivity contribution in [1.29, 1.82) is 0 Å². The van der Waals surface area contributed by atoms with Crippen LogP contribution in [0, 0.1) is 6.92 Å². The molecule has 0 fully saturated rings. The third-order valence-electron chi connectivity index (χ3n) is 3.44. The van der Waals surface area contributed by atoms with E-state index in [1.165, 1.54) is 5.56 Å². The SMILES string of the molecule is Cc1ccnc2nc(C(=O)Nc3cccc(C(C)C)c3)nn12. The van der Waals surface area contributed by atoms with Gasteiger partial charge in [-0.3, -0.25) is 4.79 Å². The van der Waals surface area contributed by atoms with Crippen LogP contribution >= 0.6 is 0 Å². The largest absolute Gasteiger partial charge is 0.319 e. The van der Waals surface area contributed by atoms with E-state index in [0.29, 0.717) is 11.7 Å². The molecule has 0 saturated carbocycles. The van der Waals surface area contributed by atoms with Gasteiger partial charge < -0.3 is 5.32 Å². The van der Waals surface area contributed by atoms with Gasteiger partial charge in [0.2, 0.25) is 5.82 Å². The fourth-order valence-electron chi connectivity index (χ4n) is 2.17. The van der Waals surface area contributed by atoms with Crippen LogP contribution in [0.1, 0.15) is 41.6 Å². The van der Waals surface area contributed by atoms with Crippen molar-refractivity contribution >= 4 is 17.4 Å². The molecule has 22 heavy (non-hydrogen) atoms. The summed E-state index contributed by atoms with van der Waals surface area (Å²) in [5, 5.41) is 7.03. The van der Waals surface area contributed by atoms with Crippen molar-refractivity contribution in [3.63, 3.8) is 0 Å². The summed E-state index contributed by atoms with van der Waals surface area (Å²) >= 11 is 0. The highest BCUT2D eigenvalue weighted by molar-refractivity contribution is 6.01. The summed E-state index contributed by atoms with van der Waals surface area (Å²) in [4.78, 5) is 20.6. The summed E-state index contributed by atoms with van der Waals surface area (Å²) in [7, 11) is 0. The fourth-order valence-corrected chi connectivity index (χ4v) is 2.17. The second-order valence-electron chi connectivity index (χ2n) is 5.47. The number of aryl methyl sites for hydroxylation is 1. The van der Waals surface area contributed by atoms with Crippen molar-refractivity contribution in [2.24, 2.45) is 0 Å². The molecular weight excluding hydrogens is 278 g/mol. The van der Waals surface area contributed by atoms with Crippen LogP contribution in [0.15, 0.2) is 36.5 Å². The van der Waals surface area contributed by atoms with Gasteiger partial charge in [-0.05, 0) is 36.6 Å². The smallest absolute Gasteiger partial charge is 0.295 e. The maximum atomic E-state index is 12.3. The van der Waals surface area contributed by atoms with Gasteiger partial charge in [0, 0.05) is 17.6 Å². The van der Waals surface area contributed by atoms with Crippen LogP contribution in [0.4, 0.5) is 5.69 Å². The number of fused-ring (bicyclic) bond motifs is 1. The second-order valence-corrected chi connectivity index (χ2v) is 5.47. The van der Waals surface area contributed by atoms with E-state index in [9.17, 15) is 4.79 Å². The summed E-state index contributed by atoms with van der Waals surface area (Å²) in [6.45, 7) is 6.11. The quantitative estimate of drug-likeness (QED) is 0.806. The van der Waals surface area contributed by atoms with Crippen LogP contribution in [0.25, 0.3) is 5.78 Å². The summed E-state index contributed by atoms with van der Waals surface area (Å²) in [5.41, 5.74) is 2.77. The molecule has 0 atom stereocenters. The van der Waals surface area contributed by atoms with Gasteiger partial charge in [0.1, 0.15) is 0 Å². The van der Waals surface area contributed by atoms with Gasteiger partial charge in [-0.1, -0.05) is 26.0 Å². The van der Waals surface area contributed by atoms with Crippen LogP contribution in [0.2, 0.25) is 0 Å². The maximum Gasteiger partial charge on any atom is 0.295 e. The number of carbonyl (C=O) groups excluding carboxylic acids is 1. The first-order valence-corrected chi connectivity index (χ1v) is 7.14.